The van der Waals surface area contributed by atoms with Crippen LogP contribution in [0.2, 0.25) is 0 Å². The molecule has 138 valence electrons. The molecule has 0 N–H and O–H groups in total. The Morgan fingerprint density at radius 1 is 1.20 bits per heavy atom. The van der Waals surface area contributed by atoms with E-state index in [-0.39, 0.29) is 29.3 Å². The van der Waals surface area contributed by atoms with Crippen LogP contribution in [0.5, 0.6) is 0 Å². The van der Waals surface area contributed by atoms with Crippen LogP contribution in [0.4, 0.5) is 11.4 Å². The first-order chi connectivity index (χ1) is 11.9. The van der Waals surface area contributed by atoms with E-state index in [0.717, 1.165) is 31.9 Å². The second-order valence-electron chi connectivity index (χ2n) is 6.76. The van der Waals surface area contributed by atoms with Gasteiger partial charge in [0.2, 0.25) is 5.91 Å². The normalized spacial score (nSPS) is 23.6. The first-order valence-corrected chi connectivity index (χ1v) is 10.9. The van der Waals surface area contributed by atoms with Gasteiger partial charge in [0.25, 0.3) is 0 Å². The standard InChI is InChI=1S/C17H24ClN3O3S/c1-19-7-9-20(10-8-19)14-2-4-15(5-3-14)21(17(22)12-18)16-6-11-25(23,24)13-16/h2-5,16H,6-13H2,1H3/t16-/m1/s1. The van der Waals surface area contributed by atoms with Gasteiger partial charge in [-0.25, -0.2) is 8.42 Å². The Labute approximate surface area is 154 Å². The lowest BCUT2D eigenvalue weighted by molar-refractivity contribution is -0.116. The second kappa shape index (κ2) is 7.51. The fraction of sp³-hybridized carbons (Fsp3) is 0.588. The van der Waals surface area contributed by atoms with Crippen LogP contribution in [0.15, 0.2) is 24.3 Å². The summed E-state index contributed by atoms with van der Waals surface area (Å²) >= 11 is 5.76. The minimum Gasteiger partial charge on any atom is -0.369 e. The number of likely N-dealkylation sites (N-methyl/N-ethyl adjacent to an activating group) is 1. The zero-order chi connectivity index (χ0) is 18.0. The molecule has 6 nitrogen and oxygen atoms in total. The molecule has 8 heteroatoms. The van der Waals surface area contributed by atoms with Gasteiger partial charge in [0, 0.05) is 37.6 Å². The third kappa shape index (κ3) is 4.27. The number of hydrogen-bond acceptors (Lipinski definition) is 5. The number of nitrogens with zero attached hydrogens (tertiary/aromatic N) is 3. The van der Waals surface area contributed by atoms with Crippen LogP contribution in [0, 0.1) is 0 Å². The molecule has 0 aliphatic carbocycles. The van der Waals surface area contributed by atoms with Crippen molar-refractivity contribution in [3.05, 3.63) is 24.3 Å². The molecule has 2 fully saturated rings. The lowest BCUT2D eigenvalue weighted by Crippen LogP contribution is -2.44. The van der Waals surface area contributed by atoms with Crippen molar-refractivity contribution in [3.63, 3.8) is 0 Å². The maximum absolute atomic E-state index is 12.3. The number of piperazine rings is 1. The molecule has 1 aromatic rings. The summed E-state index contributed by atoms with van der Waals surface area (Å²) in [5.41, 5.74) is 1.83. The number of sulfone groups is 1. The van der Waals surface area contributed by atoms with E-state index in [9.17, 15) is 13.2 Å². The number of carbonyl (C=O) groups excluding carboxylic acids is 1. The van der Waals surface area contributed by atoms with Gasteiger partial charge in [-0.2, -0.15) is 0 Å². The number of rotatable bonds is 4. The molecule has 1 atom stereocenters. The van der Waals surface area contributed by atoms with Crippen molar-refractivity contribution < 1.29 is 13.2 Å². The van der Waals surface area contributed by atoms with Crippen molar-refractivity contribution in [2.45, 2.75) is 12.5 Å². The van der Waals surface area contributed by atoms with Gasteiger partial charge in [0.1, 0.15) is 5.88 Å². The zero-order valence-corrected chi connectivity index (χ0v) is 16.0. The van der Waals surface area contributed by atoms with Crippen molar-refractivity contribution >= 4 is 38.7 Å². The monoisotopic (exact) mass is 385 g/mol. The summed E-state index contributed by atoms with van der Waals surface area (Å²) in [5.74, 6) is -0.272. The van der Waals surface area contributed by atoms with Gasteiger partial charge in [-0.1, -0.05) is 0 Å². The van der Waals surface area contributed by atoms with Crippen LogP contribution in [-0.4, -0.2) is 75.9 Å². The Morgan fingerprint density at radius 2 is 1.84 bits per heavy atom. The molecule has 0 radical (unpaired) electrons. The molecule has 1 amide bonds. The molecule has 0 saturated carbocycles. The molecule has 25 heavy (non-hydrogen) atoms. The molecule has 2 aliphatic rings. The van der Waals surface area contributed by atoms with E-state index in [1.165, 1.54) is 0 Å². The van der Waals surface area contributed by atoms with Crippen molar-refractivity contribution in [1.29, 1.82) is 0 Å². The summed E-state index contributed by atoms with van der Waals surface area (Å²) in [4.78, 5) is 18.5. The highest BCUT2D eigenvalue weighted by molar-refractivity contribution is 7.91. The van der Waals surface area contributed by atoms with Crippen LogP contribution < -0.4 is 9.80 Å². The number of halogens is 1. The highest BCUT2D eigenvalue weighted by atomic mass is 35.5. The number of benzene rings is 1. The fourth-order valence-corrected chi connectivity index (χ4v) is 5.32. The van der Waals surface area contributed by atoms with Crippen LogP contribution >= 0.6 is 11.6 Å². The summed E-state index contributed by atoms with van der Waals surface area (Å²) in [6.45, 7) is 4.00. The first kappa shape index (κ1) is 18.5. The Morgan fingerprint density at radius 3 is 2.36 bits per heavy atom. The average molecular weight is 386 g/mol. The van der Waals surface area contributed by atoms with Crippen molar-refractivity contribution in [2.24, 2.45) is 0 Å². The smallest absolute Gasteiger partial charge is 0.242 e. The largest absolute Gasteiger partial charge is 0.369 e. The van der Waals surface area contributed by atoms with E-state index < -0.39 is 9.84 Å². The molecule has 0 bridgehead atoms. The molecule has 3 rings (SSSR count). The van der Waals surface area contributed by atoms with Crippen molar-refractivity contribution in [1.82, 2.24) is 4.90 Å². The molecule has 1 aromatic carbocycles. The quantitative estimate of drug-likeness (QED) is 0.729. The summed E-state index contributed by atoms with van der Waals surface area (Å²) in [6.07, 6.45) is 0.463. The highest BCUT2D eigenvalue weighted by Gasteiger charge is 2.35. The Hall–Kier alpha value is -1.31. The minimum absolute atomic E-state index is 0.00976. The predicted octanol–water partition coefficient (Wildman–Crippen LogP) is 1.20. The van der Waals surface area contributed by atoms with E-state index in [4.69, 9.17) is 11.6 Å². The SMILES string of the molecule is CN1CCN(c2ccc(N(C(=O)CCl)[C@@H]3CCS(=O)(=O)C3)cc2)CC1. The second-order valence-corrected chi connectivity index (χ2v) is 9.26. The fourth-order valence-electron chi connectivity index (χ4n) is 3.49. The first-order valence-electron chi connectivity index (χ1n) is 8.51. The van der Waals surface area contributed by atoms with Gasteiger partial charge in [-0.05, 0) is 37.7 Å². The maximum atomic E-state index is 12.3. The number of amides is 1. The molecule has 0 spiro atoms. The van der Waals surface area contributed by atoms with Crippen molar-refractivity contribution in [2.75, 3.05) is 60.4 Å². The summed E-state index contributed by atoms with van der Waals surface area (Å²) in [6, 6.07) is 7.45. The van der Waals surface area contributed by atoms with E-state index >= 15 is 0 Å². The van der Waals surface area contributed by atoms with Gasteiger partial charge in [0.05, 0.1) is 17.5 Å². The summed E-state index contributed by atoms with van der Waals surface area (Å²) < 4.78 is 23.6. The third-order valence-corrected chi connectivity index (χ3v) is 6.93. The van der Waals surface area contributed by atoms with Crippen LogP contribution in [0.3, 0.4) is 0 Å². The Kier molecular flexibility index (Phi) is 5.55. The molecule has 2 heterocycles. The maximum Gasteiger partial charge on any atom is 0.242 e. The molecule has 0 aromatic heterocycles. The number of hydrogen-bond donors (Lipinski definition) is 0. The summed E-state index contributed by atoms with van der Waals surface area (Å²) in [7, 11) is -0.954. The number of carbonyl (C=O) groups is 1. The lowest BCUT2D eigenvalue weighted by atomic mass is 10.1. The Balaban J connectivity index is 1.78. The number of alkyl halides is 1. The third-order valence-electron chi connectivity index (χ3n) is 4.95. The predicted molar refractivity (Wildman–Crippen MR) is 101 cm³/mol. The van der Waals surface area contributed by atoms with E-state index in [1.54, 1.807) is 4.90 Å². The van der Waals surface area contributed by atoms with E-state index in [0.29, 0.717) is 12.1 Å². The van der Waals surface area contributed by atoms with Gasteiger partial charge >= 0.3 is 0 Å². The van der Waals surface area contributed by atoms with Gasteiger partial charge in [-0.15, -0.1) is 11.6 Å². The van der Waals surface area contributed by atoms with Crippen LogP contribution in [-0.2, 0) is 14.6 Å². The molecular formula is C17H24ClN3O3S. The minimum atomic E-state index is -3.07. The van der Waals surface area contributed by atoms with E-state index in [2.05, 4.69) is 16.8 Å². The topological polar surface area (TPSA) is 60.9 Å². The van der Waals surface area contributed by atoms with E-state index in [1.807, 2.05) is 24.3 Å². The summed E-state index contributed by atoms with van der Waals surface area (Å²) in [5, 5.41) is 0. The average Bonchev–Trinajstić information content (AvgIpc) is 2.96. The molecule has 2 aliphatic heterocycles. The van der Waals surface area contributed by atoms with Crippen LogP contribution in [0.25, 0.3) is 0 Å². The van der Waals surface area contributed by atoms with Crippen molar-refractivity contribution in [3.8, 4) is 0 Å². The van der Waals surface area contributed by atoms with Gasteiger partial charge in [-0.3, -0.25) is 4.79 Å². The zero-order valence-electron chi connectivity index (χ0n) is 14.4. The lowest BCUT2D eigenvalue weighted by Gasteiger charge is -2.34. The number of anilines is 2. The van der Waals surface area contributed by atoms with Gasteiger partial charge < -0.3 is 14.7 Å². The molecule has 2 saturated heterocycles. The highest BCUT2D eigenvalue weighted by Crippen LogP contribution is 2.27. The van der Waals surface area contributed by atoms with Gasteiger partial charge in [0.15, 0.2) is 9.84 Å². The Bertz CT molecular complexity index is 715. The molecular weight excluding hydrogens is 362 g/mol. The van der Waals surface area contributed by atoms with Crippen LogP contribution in [0.1, 0.15) is 6.42 Å². The molecule has 0 unspecified atom stereocenters.